The van der Waals surface area contributed by atoms with Crippen molar-refractivity contribution in [2.24, 2.45) is 5.10 Å². The molecule has 2 aromatic heterocycles. The summed E-state index contributed by atoms with van der Waals surface area (Å²) in [6.45, 7) is 0. The van der Waals surface area contributed by atoms with E-state index in [9.17, 15) is 9.59 Å². The normalized spacial score (nSPS) is 13.9. The molecule has 1 atom stereocenters. The molecule has 218 valence electrons. The molecule has 0 saturated carbocycles. The first kappa shape index (κ1) is 28.5. The van der Waals surface area contributed by atoms with Gasteiger partial charge in [0.25, 0.3) is 5.91 Å². The van der Waals surface area contributed by atoms with Crippen molar-refractivity contribution in [3.8, 4) is 17.4 Å². The first-order valence-electron chi connectivity index (χ1n) is 12.9. The van der Waals surface area contributed by atoms with Crippen LogP contribution in [0.15, 0.2) is 72.1 Å². The maximum Gasteiger partial charge on any atom is 0.512 e. The Morgan fingerprint density at radius 1 is 1.05 bits per heavy atom. The summed E-state index contributed by atoms with van der Waals surface area (Å²) in [7, 11) is 3.03. The predicted molar refractivity (Wildman–Crippen MR) is 158 cm³/mol. The lowest BCUT2D eigenvalue weighted by Gasteiger charge is -2.31. The summed E-state index contributed by atoms with van der Waals surface area (Å²) in [5.74, 6) is 0.718. The first-order valence-corrected chi connectivity index (χ1v) is 12.9. The number of aromatic nitrogens is 3. The third kappa shape index (κ3) is 6.20. The van der Waals surface area contributed by atoms with E-state index in [0.717, 1.165) is 16.7 Å². The molecule has 5 rings (SSSR count). The number of rotatable bonds is 8. The van der Waals surface area contributed by atoms with Gasteiger partial charge in [-0.25, -0.2) is 19.8 Å². The van der Waals surface area contributed by atoms with Gasteiger partial charge in [-0.15, -0.1) is 0 Å². The molecular formula is C30H27N7O6. The highest BCUT2D eigenvalue weighted by Crippen LogP contribution is 2.36. The largest absolute Gasteiger partial charge is 0.512 e. The molecule has 1 amide bonds. The monoisotopic (exact) mass is 581 g/mol. The summed E-state index contributed by atoms with van der Waals surface area (Å²) >= 11 is 0. The van der Waals surface area contributed by atoms with Gasteiger partial charge in [-0.1, -0.05) is 24.3 Å². The molecular weight excluding hydrogens is 554 g/mol. The highest BCUT2D eigenvalue weighted by molar-refractivity contribution is 5.95. The van der Waals surface area contributed by atoms with Crippen molar-refractivity contribution in [3.05, 3.63) is 100 Å². The van der Waals surface area contributed by atoms with Crippen LogP contribution in [0.2, 0.25) is 0 Å². The maximum absolute atomic E-state index is 13.7. The number of amides is 1. The lowest BCUT2D eigenvalue weighted by atomic mass is 9.94. The molecule has 0 fully saturated rings. The van der Waals surface area contributed by atoms with E-state index in [1.165, 1.54) is 37.6 Å². The van der Waals surface area contributed by atoms with Crippen molar-refractivity contribution in [2.75, 3.05) is 25.7 Å². The molecule has 3 heterocycles. The van der Waals surface area contributed by atoms with Crippen LogP contribution >= 0.6 is 0 Å². The summed E-state index contributed by atoms with van der Waals surface area (Å²) < 4.78 is 15.8. The van der Waals surface area contributed by atoms with Gasteiger partial charge in [0.1, 0.15) is 11.9 Å². The molecule has 0 bridgehead atoms. The molecule has 13 heteroatoms. The van der Waals surface area contributed by atoms with Crippen LogP contribution in [0.25, 0.3) is 6.08 Å². The van der Waals surface area contributed by atoms with Crippen LogP contribution in [0.5, 0.6) is 17.4 Å². The molecule has 13 nitrogen and oxygen atoms in total. The number of carboxylic acid groups (broad SMARTS) is 1. The fraction of sp³-hybridized carbons (Fsp3) is 0.133. The van der Waals surface area contributed by atoms with Gasteiger partial charge in [-0.3, -0.25) is 4.79 Å². The van der Waals surface area contributed by atoms with Gasteiger partial charge >= 0.3 is 6.16 Å². The zero-order chi connectivity index (χ0) is 30.5. The van der Waals surface area contributed by atoms with Crippen molar-refractivity contribution < 1.29 is 28.9 Å². The molecule has 43 heavy (non-hydrogen) atoms. The number of fused-ring (bicyclic) bond motifs is 1. The number of nitrogens with zero attached hydrogens (tertiary/aromatic N) is 5. The van der Waals surface area contributed by atoms with E-state index in [1.807, 2.05) is 30.3 Å². The Morgan fingerprint density at radius 3 is 2.56 bits per heavy atom. The summed E-state index contributed by atoms with van der Waals surface area (Å²) in [5, 5.41) is 14.7. The van der Waals surface area contributed by atoms with Crippen LogP contribution in [-0.4, -0.2) is 57.6 Å². The lowest BCUT2D eigenvalue weighted by molar-refractivity contribution is -0.127. The Kier molecular flexibility index (Phi) is 8.14. The van der Waals surface area contributed by atoms with E-state index in [2.05, 4.69) is 24.8 Å². The Bertz CT molecular complexity index is 1740. The predicted octanol–water partition coefficient (Wildman–Crippen LogP) is 3.68. The minimum atomic E-state index is -1.48. The van der Waals surface area contributed by atoms with E-state index in [1.54, 1.807) is 30.6 Å². The van der Waals surface area contributed by atoms with Gasteiger partial charge in [0.05, 0.1) is 20.4 Å². The Balaban J connectivity index is 1.48. The van der Waals surface area contributed by atoms with Crippen molar-refractivity contribution in [3.63, 3.8) is 0 Å². The maximum atomic E-state index is 13.7. The molecule has 1 unspecified atom stereocenters. The van der Waals surface area contributed by atoms with E-state index in [-0.39, 0.29) is 17.6 Å². The zero-order valence-electron chi connectivity index (χ0n) is 23.2. The second kappa shape index (κ2) is 12.3. The number of methoxy groups -OCH3 is 2. The third-order valence-corrected chi connectivity index (χ3v) is 6.63. The number of benzene rings is 2. The summed E-state index contributed by atoms with van der Waals surface area (Å²) in [6, 6.07) is 13.6. The molecule has 0 saturated heterocycles. The van der Waals surface area contributed by atoms with Gasteiger partial charge < -0.3 is 30.8 Å². The fourth-order valence-electron chi connectivity index (χ4n) is 4.72. The topological polar surface area (TPSA) is 188 Å². The van der Waals surface area contributed by atoms with Crippen molar-refractivity contribution >= 4 is 36.1 Å². The van der Waals surface area contributed by atoms with E-state index >= 15 is 0 Å². The minimum absolute atomic E-state index is 0.0808. The average Bonchev–Trinajstić information content (AvgIpc) is 3.00. The number of nitrogen functional groups attached to an aromatic ring is 2. The van der Waals surface area contributed by atoms with E-state index in [4.69, 9.17) is 26.0 Å². The first-order chi connectivity index (χ1) is 20.8. The van der Waals surface area contributed by atoms with Crippen LogP contribution < -0.4 is 25.7 Å². The standard InChI is InChI=1S/C30H27N7O6/c1-41-23-13-17(12-21-15-34-29(32)36-28(21)31)11-18(27(23)42-2)8-10-25(38)37-26(22-6-4-3-5-19(22)16-35-37)20-7-9-24(33-14-20)43-30(39)40/h3-11,13-16,26H,12H2,1-2H3,(H,39,40)(H4,31,32,34,36)/b10-8+. The molecule has 4 aromatic rings. The number of hydrazone groups is 1. The van der Waals surface area contributed by atoms with Crippen LogP contribution in [0.4, 0.5) is 16.6 Å². The molecule has 0 aliphatic carbocycles. The van der Waals surface area contributed by atoms with Gasteiger partial charge in [0.15, 0.2) is 11.5 Å². The van der Waals surface area contributed by atoms with Crippen LogP contribution in [-0.2, 0) is 11.2 Å². The molecule has 2 aromatic carbocycles. The summed E-state index contributed by atoms with van der Waals surface area (Å²) in [5.41, 5.74) is 16.0. The van der Waals surface area contributed by atoms with Gasteiger partial charge in [0.2, 0.25) is 11.8 Å². The number of hydrogen-bond acceptors (Lipinski definition) is 11. The van der Waals surface area contributed by atoms with Crippen LogP contribution in [0.3, 0.4) is 0 Å². The highest BCUT2D eigenvalue weighted by atomic mass is 16.7. The number of anilines is 2. The van der Waals surface area contributed by atoms with Gasteiger partial charge in [-0.05, 0) is 41.0 Å². The van der Waals surface area contributed by atoms with Crippen LogP contribution in [0.1, 0.15) is 39.4 Å². The molecule has 1 aliphatic heterocycles. The zero-order valence-corrected chi connectivity index (χ0v) is 23.2. The quantitative estimate of drug-likeness (QED) is 0.203. The van der Waals surface area contributed by atoms with Crippen LogP contribution in [0, 0.1) is 0 Å². The SMILES string of the molecule is COc1cc(Cc2cnc(N)nc2N)cc(/C=C/C(=O)N2N=Cc3ccccc3C2c2ccc(OC(=O)O)nc2)c1OC. The number of nitrogens with two attached hydrogens (primary N) is 2. The highest BCUT2D eigenvalue weighted by Gasteiger charge is 2.30. The summed E-state index contributed by atoms with van der Waals surface area (Å²) in [4.78, 5) is 36.7. The fourth-order valence-corrected chi connectivity index (χ4v) is 4.72. The third-order valence-electron chi connectivity index (χ3n) is 6.63. The Morgan fingerprint density at radius 2 is 1.86 bits per heavy atom. The summed E-state index contributed by atoms with van der Waals surface area (Å²) in [6.07, 6.45) is 6.53. The second-order valence-electron chi connectivity index (χ2n) is 9.33. The molecule has 5 N–H and O–H groups in total. The molecule has 1 aliphatic rings. The molecule has 0 radical (unpaired) electrons. The van der Waals surface area contributed by atoms with Crippen molar-refractivity contribution in [1.29, 1.82) is 0 Å². The second-order valence-corrected chi connectivity index (χ2v) is 9.33. The number of carbonyl (C=O) groups is 2. The number of carbonyl (C=O) groups excluding carboxylic acids is 1. The molecule has 0 spiro atoms. The number of hydrogen-bond donors (Lipinski definition) is 3. The van der Waals surface area contributed by atoms with Crippen molar-refractivity contribution in [1.82, 2.24) is 20.0 Å². The Labute approximate surface area is 246 Å². The smallest absolute Gasteiger partial charge is 0.493 e. The van der Waals surface area contributed by atoms with E-state index in [0.29, 0.717) is 34.6 Å². The van der Waals surface area contributed by atoms with Crippen molar-refractivity contribution in [2.45, 2.75) is 12.5 Å². The number of pyridine rings is 1. The van der Waals surface area contributed by atoms with Gasteiger partial charge in [0, 0.05) is 47.6 Å². The van der Waals surface area contributed by atoms with Gasteiger partial charge in [-0.2, -0.15) is 10.1 Å². The average molecular weight is 582 g/mol. The number of ether oxygens (including phenoxy) is 3. The van der Waals surface area contributed by atoms with E-state index < -0.39 is 18.1 Å². The minimum Gasteiger partial charge on any atom is -0.493 e. The lowest BCUT2D eigenvalue weighted by Crippen LogP contribution is -2.33. The Hall–Kier alpha value is -5.98.